The average Bonchev–Trinajstić information content (AvgIpc) is 3.45. The number of Topliss-reactive ketones (excluding diaryl/α,β-unsaturated/α-hetero) is 1. The molecule has 3 heterocycles. The van der Waals surface area contributed by atoms with Gasteiger partial charge >= 0.3 is 0 Å². The number of ketones is 1. The summed E-state index contributed by atoms with van der Waals surface area (Å²) in [6, 6.07) is 9.73. The molecule has 0 spiro atoms. The molecular formula is C22H18ClN3O2S3. The molecule has 3 aromatic rings. The summed E-state index contributed by atoms with van der Waals surface area (Å²) in [4.78, 5) is 27.7. The second-order valence-electron chi connectivity index (χ2n) is 7.41. The molecule has 1 atom stereocenters. The van der Waals surface area contributed by atoms with Crippen LogP contribution in [0.5, 0.6) is 0 Å². The highest BCUT2D eigenvalue weighted by Crippen LogP contribution is 2.45. The molecule has 1 aliphatic carbocycles. The monoisotopic (exact) mass is 487 g/mol. The number of aromatic nitrogens is 2. The van der Waals surface area contributed by atoms with Crippen LogP contribution in [-0.2, 0) is 15.3 Å². The summed E-state index contributed by atoms with van der Waals surface area (Å²) >= 11 is 10.8. The van der Waals surface area contributed by atoms with Gasteiger partial charge in [0.2, 0.25) is 11.0 Å². The lowest BCUT2D eigenvalue weighted by Crippen LogP contribution is -2.40. The fourth-order valence-corrected chi connectivity index (χ4v) is 6.96. The van der Waals surface area contributed by atoms with Gasteiger partial charge in [0.25, 0.3) is 0 Å². The van der Waals surface area contributed by atoms with Crippen molar-refractivity contribution < 1.29 is 9.59 Å². The number of carbonyl (C=O) groups is 2. The SMILES string of the molecule is O=C1CCCC2=C1[C@H](c1ccsc1)CC(=O)N2c1nnc(SCc2ccccc2Cl)s1. The maximum atomic E-state index is 13.2. The predicted molar refractivity (Wildman–Crippen MR) is 126 cm³/mol. The normalized spacial score (nSPS) is 19.1. The van der Waals surface area contributed by atoms with Gasteiger partial charge in [0.05, 0.1) is 0 Å². The largest absolute Gasteiger partial charge is 0.294 e. The number of hydrogen-bond acceptors (Lipinski definition) is 7. The first-order chi connectivity index (χ1) is 15.1. The van der Waals surface area contributed by atoms with Gasteiger partial charge in [-0.15, -0.1) is 10.2 Å². The third kappa shape index (κ3) is 4.09. The van der Waals surface area contributed by atoms with Gasteiger partial charge in [-0.05, 0) is 46.9 Å². The number of benzene rings is 1. The van der Waals surface area contributed by atoms with Crippen molar-refractivity contribution in [3.8, 4) is 0 Å². The number of carbonyl (C=O) groups excluding carboxylic acids is 2. The Morgan fingerprint density at radius 3 is 2.84 bits per heavy atom. The second-order valence-corrected chi connectivity index (χ2v) is 10.8. The van der Waals surface area contributed by atoms with E-state index in [1.807, 2.05) is 41.1 Å². The van der Waals surface area contributed by atoms with Gasteiger partial charge in [-0.25, -0.2) is 0 Å². The zero-order valence-electron chi connectivity index (χ0n) is 16.4. The number of anilines is 1. The minimum atomic E-state index is -0.153. The van der Waals surface area contributed by atoms with Crippen molar-refractivity contribution in [1.29, 1.82) is 0 Å². The van der Waals surface area contributed by atoms with Gasteiger partial charge in [-0.3, -0.25) is 14.5 Å². The molecule has 0 unspecified atom stereocenters. The number of halogens is 1. The Labute approximate surface area is 197 Å². The van der Waals surface area contributed by atoms with Gasteiger partial charge in [0.1, 0.15) is 0 Å². The highest BCUT2D eigenvalue weighted by atomic mass is 35.5. The minimum absolute atomic E-state index is 0.0246. The van der Waals surface area contributed by atoms with Gasteiger partial charge in [-0.1, -0.05) is 52.9 Å². The Hall–Kier alpha value is -2.00. The Morgan fingerprint density at radius 1 is 1.16 bits per heavy atom. The maximum absolute atomic E-state index is 13.2. The lowest BCUT2D eigenvalue weighted by atomic mass is 9.78. The molecule has 1 amide bonds. The van der Waals surface area contributed by atoms with Crippen LogP contribution >= 0.6 is 46.0 Å². The van der Waals surface area contributed by atoms with E-state index in [9.17, 15) is 9.59 Å². The fourth-order valence-electron chi connectivity index (χ4n) is 4.08. The Bertz CT molecular complexity index is 1170. The molecule has 9 heteroatoms. The standard InChI is InChI=1S/C22H18ClN3O2S3/c23-16-5-2-1-4-14(16)12-30-22-25-24-21(31-22)26-17-6-3-7-18(27)20(17)15(10-19(26)28)13-8-9-29-11-13/h1-2,4-5,8-9,11,15H,3,6-7,10,12H2/t15-/m0/s1. The van der Waals surface area contributed by atoms with Crippen molar-refractivity contribution in [3.63, 3.8) is 0 Å². The van der Waals surface area contributed by atoms with Crippen LogP contribution in [0.3, 0.4) is 0 Å². The van der Waals surface area contributed by atoms with Crippen LogP contribution in [0.4, 0.5) is 5.13 Å². The topological polar surface area (TPSA) is 63.2 Å². The Morgan fingerprint density at radius 2 is 2.03 bits per heavy atom. The molecule has 0 N–H and O–H groups in total. The Kier molecular flexibility index (Phi) is 5.97. The van der Waals surface area contributed by atoms with Crippen molar-refractivity contribution in [2.24, 2.45) is 0 Å². The lowest BCUT2D eigenvalue weighted by molar-refractivity contribution is -0.119. The van der Waals surface area contributed by atoms with Crippen LogP contribution in [0.15, 0.2) is 56.7 Å². The summed E-state index contributed by atoms with van der Waals surface area (Å²) in [5, 5.41) is 13.9. The number of nitrogens with zero attached hydrogens (tertiary/aromatic N) is 3. The molecular weight excluding hydrogens is 470 g/mol. The zero-order valence-corrected chi connectivity index (χ0v) is 19.6. The maximum Gasteiger partial charge on any atom is 0.234 e. The van der Waals surface area contributed by atoms with Crippen molar-refractivity contribution >= 4 is 62.9 Å². The molecule has 158 valence electrons. The summed E-state index contributed by atoms with van der Waals surface area (Å²) in [6.07, 6.45) is 2.28. The van der Waals surface area contributed by atoms with E-state index >= 15 is 0 Å². The quantitative estimate of drug-likeness (QED) is 0.322. The van der Waals surface area contributed by atoms with Crippen LogP contribution < -0.4 is 4.90 Å². The molecule has 1 aliphatic heterocycles. The predicted octanol–water partition coefficient (Wildman–Crippen LogP) is 6.07. The van der Waals surface area contributed by atoms with E-state index in [1.54, 1.807) is 28.0 Å². The number of amides is 1. The molecule has 2 aromatic heterocycles. The lowest BCUT2D eigenvalue weighted by Gasteiger charge is -2.36. The first-order valence-corrected chi connectivity index (χ1v) is 13.0. The molecule has 2 aliphatic rings. The average molecular weight is 488 g/mol. The molecule has 0 saturated carbocycles. The molecule has 31 heavy (non-hydrogen) atoms. The highest BCUT2D eigenvalue weighted by molar-refractivity contribution is 8.00. The van der Waals surface area contributed by atoms with E-state index in [1.165, 1.54) is 11.3 Å². The molecule has 1 aromatic carbocycles. The van der Waals surface area contributed by atoms with Crippen molar-refractivity contribution in [2.75, 3.05) is 4.90 Å². The van der Waals surface area contributed by atoms with Crippen LogP contribution in [0, 0.1) is 0 Å². The number of rotatable bonds is 5. The molecule has 0 saturated heterocycles. The second kappa shape index (κ2) is 8.86. The highest BCUT2D eigenvalue weighted by Gasteiger charge is 2.41. The number of thiophene rings is 1. The first-order valence-electron chi connectivity index (χ1n) is 9.93. The van der Waals surface area contributed by atoms with Gasteiger partial charge < -0.3 is 0 Å². The molecule has 0 fully saturated rings. The summed E-state index contributed by atoms with van der Waals surface area (Å²) in [6.45, 7) is 0. The molecule has 0 bridgehead atoms. The summed E-state index contributed by atoms with van der Waals surface area (Å²) in [5.74, 6) is 0.644. The van der Waals surface area contributed by atoms with E-state index in [2.05, 4.69) is 10.2 Å². The van der Waals surface area contributed by atoms with Crippen LogP contribution in [0.2, 0.25) is 5.02 Å². The smallest absolute Gasteiger partial charge is 0.234 e. The molecule has 5 nitrogen and oxygen atoms in total. The first kappa shape index (κ1) is 20.9. The van der Waals surface area contributed by atoms with Crippen LogP contribution in [0.25, 0.3) is 0 Å². The van der Waals surface area contributed by atoms with Crippen molar-refractivity contribution in [2.45, 2.75) is 41.7 Å². The van der Waals surface area contributed by atoms with E-state index in [0.717, 1.165) is 38.2 Å². The van der Waals surface area contributed by atoms with E-state index < -0.39 is 0 Å². The summed E-state index contributed by atoms with van der Waals surface area (Å²) in [5.41, 5.74) is 3.67. The number of allylic oxidation sites excluding steroid dienone is 2. The van der Waals surface area contributed by atoms with Crippen LogP contribution in [-0.4, -0.2) is 21.9 Å². The van der Waals surface area contributed by atoms with Gasteiger partial charge in [0.15, 0.2) is 10.1 Å². The number of thioether (sulfide) groups is 1. The van der Waals surface area contributed by atoms with Gasteiger partial charge in [-0.2, -0.15) is 11.3 Å². The third-order valence-corrected chi connectivity index (χ3v) is 8.68. The third-order valence-electron chi connectivity index (χ3n) is 5.52. The molecule has 0 radical (unpaired) electrons. The van der Waals surface area contributed by atoms with E-state index in [4.69, 9.17) is 11.6 Å². The summed E-state index contributed by atoms with van der Waals surface area (Å²) in [7, 11) is 0. The minimum Gasteiger partial charge on any atom is -0.294 e. The molecule has 5 rings (SSSR count). The van der Waals surface area contributed by atoms with Crippen molar-refractivity contribution in [1.82, 2.24) is 10.2 Å². The summed E-state index contributed by atoms with van der Waals surface area (Å²) < 4.78 is 0.770. The van der Waals surface area contributed by atoms with Gasteiger partial charge in [0, 0.05) is 40.8 Å². The Balaban J connectivity index is 1.44. The van der Waals surface area contributed by atoms with Crippen LogP contribution in [0.1, 0.15) is 42.7 Å². The number of hydrogen-bond donors (Lipinski definition) is 0. The van der Waals surface area contributed by atoms with Crippen molar-refractivity contribution in [3.05, 3.63) is 68.5 Å². The zero-order chi connectivity index (χ0) is 21.4. The van der Waals surface area contributed by atoms with E-state index in [-0.39, 0.29) is 24.0 Å². The van der Waals surface area contributed by atoms with E-state index in [0.29, 0.717) is 23.7 Å². The fraction of sp³-hybridized carbons (Fsp3) is 0.273.